The molecular formula is C9H18O3. The standard InChI is InChI=1S/C9H18O3/c1-5-8(10)9(2,6-11-3)7-12-4/h5-7H2,1-4H3. The molecule has 0 amide bonds. The van der Waals surface area contributed by atoms with Crippen molar-refractivity contribution in [2.24, 2.45) is 5.41 Å². The maximum absolute atomic E-state index is 11.5. The Bertz CT molecular complexity index is 137. The average Bonchev–Trinajstić information content (AvgIpc) is 2.04. The lowest BCUT2D eigenvalue weighted by Crippen LogP contribution is -2.36. The van der Waals surface area contributed by atoms with Crippen LogP contribution in [0.3, 0.4) is 0 Å². The number of ketones is 1. The number of methoxy groups -OCH3 is 2. The van der Waals surface area contributed by atoms with Crippen LogP contribution in [0.15, 0.2) is 0 Å². The third-order valence-corrected chi connectivity index (χ3v) is 1.92. The van der Waals surface area contributed by atoms with Gasteiger partial charge in [0.2, 0.25) is 0 Å². The number of ether oxygens (including phenoxy) is 2. The van der Waals surface area contributed by atoms with Gasteiger partial charge >= 0.3 is 0 Å². The van der Waals surface area contributed by atoms with E-state index in [1.807, 2.05) is 13.8 Å². The third-order valence-electron chi connectivity index (χ3n) is 1.92. The highest BCUT2D eigenvalue weighted by Crippen LogP contribution is 2.20. The number of hydrogen-bond acceptors (Lipinski definition) is 3. The number of hydrogen-bond donors (Lipinski definition) is 0. The molecule has 3 nitrogen and oxygen atoms in total. The van der Waals surface area contributed by atoms with E-state index in [-0.39, 0.29) is 5.78 Å². The Morgan fingerprint density at radius 2 is 1.67 bits per heavy atom. The van der Waals surface area contributed by atoms with Gasteiger partial charge in [-0.05, 0) is 6.92 Å². The predicted molar refractivity (Wildman–Crippen MR) is 47.2 cm³/mol. The first kappa shape index (κ1) is 11.6. The molecule has 0 spiro atoms. The largest absolute Gasteiger partial charge is 0.384 e. The molecule has 0 aliphatic rings. The van der Waals surface area contributed by atoms with Crippen molar-refractivity contribution in [3.63, 3.8) is 0 Å². The molecule has 0 saturated carbocycles. The molecule has 0 radical (unpaired) electrons. The van der Waals surface area contributed by atoms with E-state index in [9.17, 15) is 4.79 Å². The molecule has 72 valence electrons. The van der Waals surface area contributed by atoms with Crippen LogP contribution in [0, 0.1) is 5.41 Å². The molecule has 0 aromatic carbocycles. The van der Waals surface area contributed by atoms with E-state index in [0.717, 1.165) is 0 Å². The van der Waals surface area contributed by atoms with Crippen molar-refractivity contribution in [3.05, 3.63) is 0 Å². The van der Waals surface area contributed by atoms with Crippen LogP contribution in [0.2, 0.25) is 0 Å². The first-order valence-electron chi connectivity index (χ1n) is 4.12. The highest BCUT2D eigenvalue weighted by atomic mass is 16.5. The van der Waals surface area contributed by atoms with Gasteiger partial charge in [-0.25, -0.2) is 0 Å². The molecule has 0 rings (SSSR count). The molecule has 12 heavy (non-hydrogen) atoms. The van der Waals surface area contributed by atoms with Crippen LogP contribution >= 0.6 is 0 Å². The number of carbonyl (C=O) groups excluding carboxylic acids is 1. The summed E-state index contributed by atoms with van der Waals surface area (Å²) in [6, 6.07) is 0. The van der Waals surface area contributed by atoms with Crippen LogP contribution in [0.1, 0.15) is 20.3 Å². The highest BCUT2D eigenvalue weighted by Gasteiger charge is 2.31. The van der Waals surface area contributed by atoms with Crippen LogP contribution in [0.25, 0.3) is 0 Å². The van der Waals surface area contributed by atoms with Gasteiger partial charge in [-0.1, -0.05) is 6.92 Å². The molecule has 0 heterocycles. The van der Waals surface area contributed by atoms with Gasteiger partial charge in [-0.15, -0.1) is 0 Å². The van der Waals surface area contributed by atoms with Gasteiger partial charge in [-0.2, -0.15) is 0 Å². The Labute approximate surface area is 74.0 Å². The van der Waals surface area contributed by atoms with Crippen LogP contribution in [-0.4, -0.2) is 33.2 Å². The molecular weight excluding hydrogens is 156 g/mol. The second-order valence-corrected chi connectivity index (χ2v) is 3.20. The summed E-state index contributed by atoms with van der Waals surface area (Å²) in [5.41, 5.74) is -0.474. The minimum atomic E-state index is -0.474. The molecule has 0 saturated heterocycles. The van der Waals surface area contributed by atoms with Crippen LogP contribution in [-0.2, 0) is 14.3 Å². The van der Waals surface area contributed by atoms with Crippen LogP contribution in [0.4, 0.5) is 0 Å². The minimum Gasteiger partial charge on any atom is -0.384 e. The molecule has 3 heteroatoms. The molecule has 0 aliphatic carbocycles. The van der Waals surface area contributed by atoms with Gasteiger partial charge in [0.1, 0.15) is 5.78 Å². The lowest BCUT2D eigenvalue weighted by atomic mass is 9.86. The molecule has 0 aromatic rings. The first-order chi connectivity index (χ1) is 5.60. The highest BCUT2D eigenvalue weighted by molar-refractivity contribution is 5.84. The van der Waals surface area contributed by atoms with Crippen molar-refractivity contribution in [1.29, 1.82) is 0 Å². The molecule has 0 fully saturated rings. The number of carbonyl (C=O) groups is 1. The maximum atomic E-state index is 11.5. The summed E-state index contributed by atoms with van der Waals surface area (Å²) in [5, 5.41) is 0. The summed E-state index contributed by atoms with van der Waals surface area (Å²) in [5.74, 6) is 0.186. The second-order valence-electron chi connectivity index (χ2n) is 3.20. The zero-order chi connectivity index (χ0) is 9.61. The fraction of sp³-hybridized carbons (Fsp3) is 0.889. The summed E-state index contributed by atoms with van der Waals surface area (Å²) in [6.45, 7) is 4.57. The maximum Gasteiger partial charge on any atom is 0.143 e. The fourth-order valence-electron chi connectivity index (χ4n) is 1.27. The number of rotatable bonds is 6. The van der Waals surface area contributed by atoms with Gasteiger partial charge in [0.15, 0.2) is 0 Å². The molecule has 0 atom stereocenters. The van der Waals surface area contributed by atoms with Gasteiger partial charge in [0.25, 0.3) is 0 Å². The Morgan fingerprint density at radius 3 is 1.92 bits per heavy atom. The van der Waals surface area contributed by atoms with Crippen molar-refractivity contribution in [1.82, 2.24) is 0 Å². The Hall–Kier alpha value is -0.410. The summed E-state index contributed by atoms with van der Waals surface area (Å²) >= 11 is 0. The second kappa shape index (κ2) is 5.27. The predicted octanol–water partition coefficient (Wildman–Crippen LogP) is 1.26. The molecule has 0 aliphatic heterocycles. The lowest BCUT2D eigenvalue weighted by Gasteiger charge is -2.25. The number of Topliss-reactive ketones (excluding diaryl/α,β-unsaturated/α-hetero) is 1. The van der Waals surface area contributed by atoms with E-state index in [4.69, 9.17) is 9.47 Å². The molecule has 0 N–H and O–H groups in total. The third kappa shape index (κ3) is 2.91. The monoisotopic (exact) mass is 174 g/mol. The van der Waals surface area contributed by atoms with E-state index in [2.05, 4.69) is 0 Å². The van der Waals surface area contributed by atoms with E-state index >= 15 is 0 Å². The SMILES string of the molecule is CCC(=O)C(C)(COC)COC. The average molecular weight is 174 g/mol. The van der Waals surface area contributed by atoms with E-state index in [1.54, 1.807) is 14.2 Å². The van der Waals surface area contributed by atoms with E-state index in [0.29, 0.717) is 19.6 Å². The zero-order valence-corrected chi connectivity index (χ0v) is 8.35. The zero-order valence-electron chi connectivity index (χ0n) is 8.35. The van der Waals surface area contributed by atoms with Crippen LogP contribution in [0.5, 0.6) is 0 Å². The fourth-order valence-corrected chi connectivity index (χ4v) is 1.27. The summed E-state index contributed by atoms with van der Waals surface area (Å²) in [4.78, 5) is 11.5. The smallest absolute Gasteiger partial charge is 0.143 e. The molecule has 0 aromatic heterocycles. The summed E-state index contributed by atoms with van der Waals surface area (Å²) in [7, 11) is 3.19. The minimum absolute atomic E-state index is 0.186. The first-order valence-corrected chi connectivity index (χ1v) is 4.12. The van der Waals surface area contributed by atoms with E-state index < -0.39 is 5.41 Å². The lowest BCUT2D eigenvalue weighted by molar-refractivity contribution is -0.134. The Kier molecular flexibility index (Phi) is 5.09. The molecule has 0 unspecified atom stereocenters. The van der Waals surface area contributed by atoms with Crippen molar-refractivity contribution in [2.75, 3.05) is 27.4 Å². The normalized spacial score (nSPS) is 11.7. The molecule has 0 bridgehead atoms. The topological polar surface area (TPSA) is 35.5 Å². The summed E-state index contributed by atoms with van der Waals surface area (Å²) in [6.07, 6.45) is 0.531. The van der Waals surface area contributed by atoms with Gasteiger partial charge < -0.3 is 9.47 Å². The Morgan fingerprint density at radius 1 is 1.25 bits per heavy atom. The van der Waals surface area contributed by atoms with Gasteiger partial charge in [0, 0.05) is 20.6 Å². The van der Waals surface area contributed by atoms with Crippen molar-refractivity contribution in [3.8, 4) is 0 Å². The Balaban J connectivity index is 4.26. The van der Waals surface area contributed by atoms with Gasteiger partial charge in [-0.3, -0.25) is 4.79 Å². The van der Waals surface area contributed by atoms with Crippen molar-refractivity contribution < 1.29 is 14.3 Å². The quantitative estimate of drug-likeness (QED) is 0.608. The van der Waals surface area contributed by atoms with Crippen LogP contribution < -0.4 is 0 Å². The summed E-state index contributed by atoms with van der Waals surface area (Å²) < 4.78 is 9.96. The van der Waals surface area contributed by atoms with E-state index in [1.165, 1.54) is 0 Å². The van der Waals surface area contributed by atoms with Crippen molar-refractivity contribution in [2.45, 2.75) is 20.3 Å². The van der Waals surface area contributed by atoms with Gasteiger partial charge in [0.05, 0.1) is 18.6 Å². The van der Waals surface area contributed by atoms with Crippen molar-refractivity contribution >= 4 is 5.78 Å².